The maximum atomic E-state index is 13.0. The number of sulfonamides is 2. The SMILES string of the molecule is CCCN[C@H]1CN(CCCOC(C)OC)S(=O)(=O)c2sc(S(N)(=O)=O)cc21. The van der Waals surface area contributed by atoms with Gasteiger partial charge in [-0.05, 0) is 32.4 Å². The standard InChI is InChI=1S/C15H27N3O6S3/c1-4-6-17-13-10-18(7-5-8-24-11(2)23-3)27(21,22)15-12(13)9-14(25-15)26(16,19)20/h9,11,13,17H,4-8,10H2,1-3H3,(H2,16,19,20)/t11?,13-/m0/s1. The van der Waals surface area contributed by atoms with E-state index in [1.54, 1.807) is 6.92 Å². The summed E-state index contributed by atoms with van der Waals surface area (Å²) in [6.07, 6.45) is 1.01. The van der Waals surface area contributed by atoms with Crippen molar-refractivity contribution >= 4 is 31.4 Å². The van der Waals surface area contributed by atoms with Gasteiger partial charge in [0.25, 0.3) is 10.0 Å². The maximum absolute atomic E-state index is 13.0. The van der Waals surface area contributed by atoms with Crippen molar-refractivity contribution in [2.24, 2.45) is 5.14 Å². The highest BCUT2D eigenvalue weighted by atomic mass is 32.3. The molecule has 1 aliphatic heterocycles. The van der Waals surface area contributed by atoms with Crippen molar-refractivity contribution in [1.29, 1.82) is 0 Å². The second kappa shape index (κ2) is 9.27. The number of thiophene rings is 1. The van der Waals surface area contributed by atoms with Crippen LogP contribution in [0.2, 0.25) is 0 Å². The predicted octanol–water partition coefficient (Wildman–Crippen LogP) is 0.840. The lowest BCUT2D eigenvalue weighted by Crippen LogP contribution is -2.44. The second-order valence-corrected chi connectivity index (χ2v) is 11.2. The van der Waals surface area contributed by atoms with Gasteiger partial charge >= 0.3 is 0 Å². The molecule has 2 heterocycles. The zero-order valence-corrected chi connectivity index (χ0v) is 18.1. The monoisotopic (exact) mass is 441 g/mol. The molecule has 1 aromatic heterocycles. The number of rotatable bonds is 10. The molecule has 0 spiro atoms. The lowest BCUT2D eigenvalue weighted by molar-refractivity contribution is -0.111. The zero-order valence-electron chi connectivity index (χ0n) is 15.7. The first-order chi connectivity index (χ1) is 12.6. The molecular weight excluding hydrogens is 414 g/mol. The quantitative estimate of drug-likeness (QED) is 0.407. The van der Waals surface area contributed by atoms with Crippen LogP contribution in [0.25, 0.3) is 0 Å². The molecule has 9 nitrogen and oxygen atoms in total. The first-order valence-electron chi connectivity index (χ1n) is 8.65. The van der Waals surface area contributed by atoms with Gasteiger partial charge in [0.1, 0.15) is 8.42 Å². The van der Waals surface area contributed by atoms with Gasteiger partial charge in [-0.1, -0.05) is 6.92 Å². The van der Waals surface area contributed by atoms with Gasteiger partial charge in [-0.15, -0.1) is 11.3 Å². The van der Waals surface area contributed by atoms with Crippen LogP contribution in [0.1, 0.15) is 38.3 Å². The summed E-state index contributed by atoms with van der Waals surface area (Å²) in [5.41, 5.74) is 0.470. The summed E-state index contributed by atoms with van der Waals surface area (Å²) in [5.74, 6) is 0. The van der Waals surface area contributed by atoms with Crippen molar-refractivity contribution in [3.63, 3.8) is 0 Å². The predicted molar refractivity (Wildman–Crippen MR) is 103 cm³/mol. The van der Waals surface area contributed by atoms with Crippen LogP contribution in [0.4, 0.5) is 0 Å². The van der Waals surface area contributed by atoms with E-state index in [-0.39, 0.29) is 33.8 Å². The van der Waals surface area contributed by atoms with Gasteiger partial charge in [0.2, 0.25) is 10.0 Å². The number of nitrogens with two attached hydrogens (primary N) is 1. The van der Waals surface area contributed by atoms with Crippen LogP contribution in [0.3, 0.4) is 0 Å². The summed E-state index contributed by atoms with van der Waals surface area (Å²) < 4.78 is 61.0. The third-order valence-electron chi connectivity index (χ3n) is 4.20. The van der Waals surface area contributed by atoms with Crippen LogP contribution in [-0.2, 0) is 29.5 Å². The van der Waals surface area contributed by atoms with Crippen LogP contribution in [-0.4, -0.2) is 60.8 Å². The average Bonchev–Trinajstić information content (AvgIpc) is 3.06. The molecule has 0 radical (unpaired) electrons. The normalized spacial score (nSPS) is 21.1. The van der Waals surface area contributed by atoms with Gasteiger partial charge in [-0.3, -0.25) is 0 Å². The van der Waals surface area contributed by atoms with E-state index in [1.807, 2.05) is 6.92 Å². The van der Waals surface area contributed by atoms with E-state index >= 15 is 0 Å². The Morgan fingerprint density at radius 2 is 2.19 bits per heavy atom. The number of nitrogens with zero attached hydrogens (tertiary/aromatic N) is 1. The zero-order chi connectivity index (χ0) is 20.2. The lowest BCUT2D eigenvalue weighted by atomic mass is 10.1. The molecule has 0 saturated carbocycles. The van der Waals surface area contributed by atoms with Gasteiger partial charge < -0.3 is 14.8 Å². The number of primary sulfonamides is 1. The Kier molecular flexibility index (Phi) is 7.78. The average molecular weight is 442 g/mol. The molecule has 3 N–H and O–H groups in total. The van der Waals surface area contributed by atoms with E-state index in [4.69, 9.17) is 14.6 Å². The minimum atomic E-state index is -3.97. The van der Waals surface area contributed by atoms with E-state index < -0.39 is 20.0 Å². The highest BCUT2D eigenvalue weighted by Gasteiger charge is 2.39. The van der Waals surface area contributed by atoms with Crippen LogP contribution < -0.4 is 10.5 Å². The fraction of sp³-hybridized carbons (Fsp3) is 0.733. The molecule has 0 aliphatic carbocycles. The first-order valence-corrected chi connectivity index (χ1v) is 12.5. The highest BCUT2D eigenvalue weighted by molar-refractivity contribution is 7.94. The number of hydrogen-bond donors (Lipinski definition) is 2. The molecule has 1 aromatic rings. The third-order valence-corrected chi connectivity index (χ3v) is 9.16. The minimum absolute atomic E-state index is 0.0394. The molecule has 0 amide bonds. The Balaban J connectivity index is 2.25. The van der Waals surface area contributed by atoms with Gasteiger partial charge in [-0.25, -0.2) is 22.0 Å². The molecule has 0 saturated heterocycles. The van der Waals surface area contributed by atoms with Crippen molar-refractivity contribution < 1.29 is 26.3 Å². The van der Waals surface area contributed by atoms with Crippen LogP contribution in [0, 0.1) is 0 Å². The number of methoxy groups -OCH3 is 1. The van der Waals surface area contributed by atoms with E-state index in [9.17, 15) is 16.8 Å². The number of fused-ring (bicyclic) bond motifs is 1. The fourth-order valence-electron chi connectivity index (χ4n) is 2.73. The Hall–Kier alpha value is -0.600. The van der Waals surface area contributed by atoms with Crippen LogP contribution in [0.5, 0.6) is 0 Å². The number of ether oxygens (including phenoxy) is 2. The topological polar surface area (TPSA) is 128 Å². The minimum Gasteiger partial charge on any atom is -0.356 e. The van der Waals surface area contributed by atoms with Crippen molar-refractivity contribution in [3.8, 4) is 0 Å². The Labute approximate surface area is 164 Å². The third kappa shape index (κ3) is 5.48. The van der Waals surface area contributed by atoms with E-state index in [0.29, 0.717) is 36.5 Å². The summed E-state index contributed by atoms with van der Waals surface area (Å²) in [5, 5.41) is 8.49. The largest absolute Gasteiger partial charge is 0.356 e. The lowest BCUT2D eigenvalue weighted by Gasteiger charge is -2.32. The van der Waals surface area contributed by atoms with Crippen molar-refractivity contribution in [2.75, 3.05) is 33.4 Å². The molecule has 0 aromatic carbocycles. The Morgan fingerprint density at radius 1 is 1.48 bits per heavy atom. The molecule has 0 fully saturated rings. The van der Waals surface area contributed by atoms with Gasteiger partial charge in [-0.2, -0.15) is 4.31 Å². The molecule has 2 rings (SSSR count). The van der Waals surface area contributed by atoms with Gasteiger partial charge in [0.05, 0.1) is 6.61 Å². The molecule has 27 heavy (non-hydrogen) atoms. The van der Waals surface area contributed by atoms with Gasteiger partial charge in [0, 0.05) is 31.8 Å². The molecule has 156 valence electrons. The molecule has 2 atom stereocenters. The Bertz CT molecular complexity index is 837. The van der Waals surface area contributed by atoms with Crippen LogP contribution in [0.15, 0.2) is 14.5 Å². The van der Waals surface area contributed by atoms with Crippen molar-refractivity contribution in [2.45, 2.75) is 47.4 Å². The summed E-state index contributed by atoms with van der Waals surface area (Å²) in [4.78, 5) is 0. The summed E-state index contributed by atoms with van der Waals surface area (Å²) in [7, 11) is -6.22. The molecule has 0 bridgehead atoms. The second-order valence-electron chi connectivity index (χ2n) is 6.25. The number of hydrogen-bond acceptors (Lipinski definition) is 8. The Morgan fingerprint density at radius 3 is 2.78 bits per heavy atom. The van der Waals surface area contributed by atoms with E-state index in [1.165, 1.54) is 17.5 Å². The van der Waals surface area contributed by atoms with Crippen molar-refractivity contribution in [1.82, 2.24) is 9.62 Å². The molecular formula is C15H27N3O6S3. The molecule has 1 aliphatic rings. The van der Waals surface area contributed by atoms with Crippen molar-refractivity contribution in [3.05, 3.63) is 11.6 Å². The van der Waals surface area contributed by atoms with Gasteiger partial charge in [0.15, 0.2) is 6.29 Å². The van der Waals surface area contributed by atoms with E-state index in [2.05, 4.69) is 5.32 Å². The van der Waals surface area contributed by atoms with E-state index in [0.717, 1.165) is 6.42 Å². The summed E-state index contributed by atoms with van der Waals surface area (Å²) in [6.45, 7) is 5.31. The molecule has 12 heteroatoms. The fourth-order valence-corrected chi connectivity index (χ4v) is 7.04. The first kappa shape index (κ1) is 22.7. The summed E-state index contributed by atoms with van der Waals surface area (Å²) in [6, 6.07) is 1.09. The number of nitrogens with one attached hydrogen (secondary N) is 1. The maximum Gasteiger partial charge on any atom is 0.252 e. The smallest absolute Gasteiger partial charge is 0.252 e. The molecule has 1 unspecified atom stereocenters. The van der Waals surface area contributed by atoms with Crippen LogP contribution >= 0.6 is 11.3 Å². The highest BCUT2D eigenvalue weighted by Crippen LogP contribution is 2.39. The summed E-state index contributed by atoms with van der Waals surface area (Å²) >= 11 is 0.704.